The Kier molecular flexibility index (Phi) is 4.12. The number of nitrogen functional groups attached to an aromatic ring is 1. The number of ether oxygens (including phenoxy) is 2. The first kappa shape index (κ1) is 10.7. The molecule has 14 heavy (non-hydrogen) atoms. The van der Waals surface area contributed by atoms with E-state index in [1.807, 2.05) is 13.8 Å². The zero-order valence-corrected chi connectivity index (χ0v) is 8.43. The van der Waals surface area contributed by atoms with Gasteiger partial charge in [0.25, 0.3) is 0 Å². The first-order chi connectivity index (χ1) is 6.68. The van der Waals surface area contributed by atoms with Gasteiger partial charge in [0.05, 0.1) is 12.7 Å². The molecule has 0 amide bonds. The number of hydrogen-bond acceptors (Lipinski definition) is 5. The van der Waals surface area contributed by atoms with Gasteiger partial charge in [0.15, 0.2) is 0 Å². The van der Waals surface area contributed by atoms with Crippen LogP contribution in [0.3, 0.4) is 0 Å². The Bertz CT molecular complexity index is 279. The molecule has 1 aromatic heterocycles. The quantitative estimate of drug-likeness (QED) is 0.709. The molecule has 0 bridgehead atoms. The van der Waals surface area contributed by atoms with Crippen LogP contribution in [0.2, 0.25) is 0 Å². The molecule has 0 spiro atoms. The summed E-state index contributed by atoms with van der Waals surface area (Å²) in [6.45, 7) is 4.96. The van der Waals surface area contributed by atoms with Crippen molar-refractivity contribution in [3.63, 3.8) is 0 Å². The summed E-state index contributed by atoms with van der Waals surface area (Å²) in [5.74, 6) is 0.879. The summed E-state index contributed by atoms with van der Waals surface area (Å²) in [4.78, 5) is 7.64. The topological polar surface area (TPSA) is 70.3 Å². The highest BCUT2D eigenvalue weighted by Crippen LogP contribution is 2.07. The lowest BCUT2D eigenvalue weighted by molar-refractivity contribution is 0.0542. The number of rotatable bonds is 5. The molecule has 0 fully saturated rings. The van der Waals surface area contributed by atoms with Crippen LogP contribution in [0, 0.1) is 0 Å². The molecule has 1 rings (SSSR count). The molecule has 0 unspecified atom stereocenters. The van der Waals surface area contributed by atoms with Gasteiger partial charge >= 0.3 is 0 Å². The molecule has 1 aromatic rings. The second kappa shape index (κ2) is 5.39. The molecule has 78 valence electrons. The van der Waals surface area contributed by atoms with E-state index in [9.17, 15) is 0 Å². The van der Waals surface area contributed by atoms with Crippen LogP contribution < -0.4 is 10.5 Å². The van der Waals surface area contributed by atoms with Crippen LogP contribution in [0.25, 0.3) is 0 Å². The molecular weight excluding hydrogens is 182 g/mol. The van der Waals surface area contributed by atoms with E-state index in [0.29, 0.717) is 24.9 Å². The van der Waals surface area contributed by atoms with E-state index in [1.54, 1.807) is 6.07 Å². The summed E-state index contributed by atoms with van der Waals surface area (Å²) < 4.78 is 10.6. The normalized spacial score (nSPS) is 10.5. The van der Waals surface area contributed by atoms with Gasteiger partial charge in [0, 0.05) is 6.07 Å². The Hall–Kier alpha value is -1.36. The second-order valence-corrected chi connectivity index (χ2v) is 3.05. The highest BCUT2D eigenvalue weighted by Gasteiger charge is 1.97. The lowest BCUT2D eigenvalue weighted by atomic mass is 10.5. The summed E-state index contributed by atoms with van der Waals surface area (Å²) in [7, 11) is 0. The minimum Gasteiger partial charge on any atom is -0.475 e. The van der Waals surface area contributed by atoms with Gasteiger partial charge in [0.2, 0.25) is 5.88 Å². The number of hydrogen-bond donors (Lipinski definition) is 1. The average Bonchev–Trinajstić information content (AvgIpc) is 2.12. The molecule has 5 nitrogen and oxygen atoms in total. The van der Waals surface area contributed by atoms with Crippen LogP contribution in [0.4, 0.5) is 5.82 Å². The highest BCUT2D eigenvalue weighted by molar-refractivity contribution is 5.30. The van der Waals surface area contributed by atoms with Gasteiger partial charge < -0.3 is 15.2 Å². The highest BCUT2D eigenvalue weighted by atomic mass is 16.5. The minimum atomic E-state index is 0.217. The number of anilines is 1. The van der Waals surface area contributed by atoms with Crippen LogP contribution in [0.15, 0.2) is 12.4 Å². The third-order valence-corrected chi connectivity index (χ3v) is 1.45. The molecule has 0 aliphatic rings. The van der Waals surface area contributed by atoms with E-state index in [0.717, 1.165) is 0 Å². The fraction of sp³-hybridized carbons (Fsp3) is 0.556. The summed E-state index contributed by atoms with van der Waals surface area (Å²) in [6.07, 6.45) is 1.59. The molecule has 0 radical (unpaired) electrons. The van der Waals surface area contributed by atoms with Crippen molar-refractivity contribution in [3.05, 3.63) is 12.4 Å². The third-order valence-electron chi connectivity index (χ3n) is 1.45. The van der Waals surface area contributed by atoms with Crippen molar-refractivity contribution in [1.82, 2.24) is 9.97 Å². The van der Waals surface area contributed by atoms with Crippen molar-refractivity contribution < 1.29 is 9.47 Å². The molecule has 5 heteroatoms. The monoisotopic (exact) mass is 197 g/mol. The summed E-state index contributed by atoms with van der Waals surface area (Å²) in [5, 5.41) is 0. The summed E-state index contributed by atoms with van der Waals surface area (Å²) in [5.41, 5.74) is 5.45. The zero-order valence-electron chi connectivity index (χ0n) is 8.43. The largest absolute Gasteiger partial charge is 0.475 e. The third kappa shape index (κ3) is 4.04. The number of nitrogens with two attached hydrogens (primary N) is 1. The Morgan fingerprint density at radius 3 is 2.79 bits per heavy atom. The first-order valence-corrected chi connectivity index (χ1v) is 4.50. The molecule has 0 aromatic carbocycles. The number of aromatic nitrogens is 2. The van der Waals surface area contributed by atoms with Gasteiger partial charge in [-0.15, -0.1) is 0 Å². The van der Waals surface area contributed by atoms with E-state index < -0.39 is 0 Å². The molecule has 0 atom stereocenters. The van der Waals surface area contributed by atoms with Gasteiger partial charge in [-0.05, 0) is 13.8 Å². The molecule has 2 N–H and O–H groups in total. The van der Waals surface area contributed by atoms with Crippen LogP contribution in [0.1, 0.15) is 13.8 Å². The predicted molar refractivity (Wildman–Crippen MR) is 53.0 cm³/mol. The van der Waals surface area contributed by atoms with Crippen molar-refractivity contribution in [2.75, 3.05) is 18.9 Å². The van der Waals surface area contributed by atoms with Crippen LogP contribution in [0.5, 0.6) is 5.88 Å². The molecule has 0 saturated carbocycles. The lowest BCUT2D eigenvalue weighted by Crippen LogP contribution is -2.11. The first-order valence-electron chi connectivity index (χ1n) is 4.50. The van der Waals surface area contributed by atoms with Gasteiger partial charge in [-0.25, -0.2) is 9.97 Å². The Labute approximate surface area is 83.3 Å². The summed E-state index contributed by atoms with van der Waals surface area (Å²) >= 11 is 0. The van der Waals surface area contributed by atoms with E-state index >= 15 is 0 Å². The molecule has 0 saturated heterocycles. The van der Waals surface area contributed by atoms with Crippen molar-refractivity contribution in [2.45, 2.75) is 20.0 Å². The van der Waals surface area contributed by atoms with Crippen LogP contribution in [-0.4, -0.2) is 29.3 Å². The van der Waals surface area contributed by atoms with Crippen molar-refractivity contribution in [2.24, 2.45) is 0 Å². The van der Waals surface area contributed by atoms with Crippen molar-refractivity contribution in [1.29, 1.82) is 0 Å². The predicted octanol–water partition coefficient (Wildman–Crippen LogP) is 0.863. The van der Waals surface area contributed by atoms with Crippen molar-refractivity contribution in [3.8, 4) is 5.88 Å². The molecule has 0 aliphatic carbocycles. The standard InChI is InChI=1S/C9H15N3O2/c1-7(2)13-3-4-14-9-5-8(10)11-6-12-9/h5-7H,3-4H2,1-2H3,(H2,10,11,12). The van der Waals surface area contributed by atoms with Crippen LogP contribution in [-0.2, 0) is 4.74 Å². The zero-order chi connectivity index (χ0) is 10.4. The Morgan fingerprint density at radius 1 is 1.36 bits per heavy atom. The smallest absolute Gasteiger partial charge is 0.218 e. The SMILES string of the molecule is CC(C)OCCOc1cc(N)ncn1. The fourth-order valence-electron chi connectivity index (χ4n) is 0.862. The molecule has 1 heterocycles. The maximum absolute atomic E-state index is 5.45. The van der Waals surface area contributed by atoms with Gasteiger partial charge in [-0.3, -0.25) is 0 Å². The van der Waals surface area contributed by atoms with E-state index in [1.165, 1.54) is 6.33 Å². The van der Waals surface area contributed by atoms with Gasteiger partial charge in [0.1, 0.15) is 18.8 Å². The lowest BCUT2D eigenvalue weighted by Gasteiger charge is -2.08. The molecular formula is C9H15N3O2. The maximum Gasteiger partial charge on any atom is 0.218 e. The molecule has 0 aliphatic heterocycles. The average molecular weight is 197 g/mol. The van der Waals surface area contributed by atoms with E-state index in [4.69, 9.17) is 15.2 Å². The minimum absolute atomic E-state index is 0.217. The van der Waals surface area contributed by atoms with Crippen molar-refractivity contribution >= 4 is 5.82 Å². The summed E-state index contributed by atoms with van der Waals surface area (Å²) in [6, 6.07) is 1.58. The van der Waals surface area contributed by atoms with E-state index in [-0.39, 0.29) is 6.10 Å². The second-order valence-electron chi connectivity index (χ2n) is 3.05. The Morgan fingerprint density at radius 2 is 2.14 bits per heavy atom. The van der Waals surface area contributed by atoms with Gasteiger partial charge in [-0.1, -0.05) is 0 Å². The van der Waals surface area contributed by atoms with E-state index in [2.05, 4.69) is 9.97 Å². The Balaban J connectivity index is 2.25. The van der Waals surface area contributed by atoms with Crippen LogP contribution >= 0.6 is 0 Å². The van der Waals surface area contributed by atoms with Gasteiger partial charge in [-0.2, -0.15) is 0 Å². The fourth-order valence-corrected chi connectivity index (χ4v) is 0.862. The maximum atomic E-state index is 5.45. The number of nitrogens with zero attached hydrogens (tertiary/aromatic N) is 2.